The van der Waals surface area contributed by atoms with Gasteiger partial charge in [0.15, 0.2) is 0 Å². The zero-order chi connectivity index (χ0) is 31.9. The number of nitrogens with one attached hydrogen (secondary N) is 2. The van der Waals surface area contributed by atoms with Gasteiger partial charge >= 0.3 is 5.97 Å². The van der Waals surface area contributed by atoms with Crippen LogP contribution in [0.3, 0.4) is 0 Å². The van der Waals surface area contributed by atoms with Crippen LogP contribution < -0.4 is 20.4 Å². The van der Waals surface area contributed by atoms with Crippen molar-refractivity contribution in [2.75, 3.05) is 29.5 Å². The second-order valence-corrected chi connectivity index (χ2v) is 10.3. The third-order valence-electron chi connectivity index (χ3n) is 7.24. The number of hydrogen-bond donors (Lipinski definition) is 3. The zero-order valence-corrected chi connectivity index (χ0v) is 24.0. The standard InChI is InChI=1S/C32H30N4O9/c37-18-27(39)35-16-23(34-30(42)29(41)21-11-5-2-6-12-21)31(43)36(25-14-8-7-13-24(25)35)17-26(38)33-22-15-28(40)45-32(22)44-19-20-9-3-1-4-10-20/h1-14,22-23,32,37H,15-19H2,(H,33,38)(H,34,42)/t22-,23-,32?/m0/s1. The van der Waals surface area contributed by atoms with E-state index >= 15 is 0 Å². The van der Waals surface area contributed by atoms with E-state index in [1.807, 2.05) is 30.3 Å². The number of ketones is 1. The molecule has 0 saturated carbocycles. The highest BCUT2D eigenvalue weighted by Gasteiger charge is 2.40. The van der Waals surface area contributed by atoms with E-state index in [9.17, 15) is 33.9 Å². The highest BCUT2D eigenvalue weighted by molar-refractivity contribution is 6.43. The summed E-state index contributed by atoms with van der Waals surface area (Å²) in [5.74, 6) is -4.79. The van der Waals surface area contributed by atoms with Crippen molar-refractivity contribution in [2.45, 2.75) is 31.4 Å². The number of esters is 1. The van der Waals surface area contributed by atoms with Gasteiger partial charge in [-0.1, -0.05) is 72.8 Å². The van der Waals surface area contributed by atoms with E-state index in [-0.39, 0.29) is 30.0 Å². The van der Waals surface area contributed by atoms with Crippen molar-refractivity contribution in [3.8, 4) is 0 Å². The van der Waals surface area contributed by atoms with Crippen LogP contribution in [-0.2, 0) is 40.1 Å². The summed E-state index contributed by atoms with van der Waals surface area (Å²) in [6, 6.07) is 20.8. The summed E-state index contributed by atoms with van der Waals surface area (Å²) in [5.41, 5.74) is 1.28. The zero-order valence-electron chi connectivity index (χ0n) is 24.0. The number of amides is 4. The Morgan fingerprint density at radius 2 is 1.51 bits per heavy atom. The largest absolute Gasteiger partial charge is 0.433 e. The van der Waals surface area contributed by atoms with Gasteiger partial charge < -0.3 is 30.1 Å². The number of anilines is 2. The molecular formula is C32H30N4O9. The van der Waals surface area contributed by atoms with Crippen molar-refractivity contribution in [3.05, 3.63) is 96.1 Å². The molecule has 0 aromatic heterocycles. The van der Waals surface area contributed by atoms with Gasteiger partial charge in [0.2, 0.25) is 18.0 Å². The fourth-order valence-electron chi connectivity index (χ4n) is 5.08. The Hall–Kier alpha value is -5.40. The van der Waals surface area contributed by atoms with E-state index in [1.165, 1.54) is 24.3 Å². The summed E-state index contributed by atoms with van der Waals surface area (Å²) in [6.45, 7) is -1.76. The average Bonchev–Trinajstić information content (AvgIpc) is 3.37. The minimum Gasteiger partial charge on any atom is -0.433 e. The molecule has 3 atom stereocenters. The number of rotatable bonds is 10. The Bertz CT molecular complexity index is 1600. The molecule has 4 amide bonds. The first kappa shape index (κ1) is 31.0. The second kappa shape index (κ2) is 13.9. The molecule has 2 heterocycles. The number of fused-ring (bicyclic) bond motifs is 1. The van der Waals surface area contributed by atoms with Crippen molar-refractivity contribution in [2.24, 2.45) is 0 Å². The summed E-state index contributed by atoms with van der Waals surface area (Å²) in [4.78, 5) is 80.1. The smallest absolute Gasteiger partial charge is 0.310 e. The van der Waals surface area contributed by atoms with Gasteiger partial charge in [-0.3, -0.25) is 33.7 Å². The molecule has 1 unspecified atom stereocenters. The number of para-hydroxylation sites is 2. The molecule has 13 nitrogen and oxygen atoms in total. The molecule has 0 spiro atoms. The Labute approximate surface area is 257 Å². The molecule has 2 aliphatic rings. The highest BCUT2D eigenvalue weighted by Crippen LogP contribution is 2.33. The molecule has 1 fully saturated rings. The molecule has 3 aromatic rings. The maximum absolute atomic E-state index is 13.9. The molecule has 13 heteroatoms. The predicted octanol–water partition coefficient (Wildman–Crippen LogP) is 0.701. The maximum Gasteiger partial charge on any atom is 0.310 e. The topological polar surface area (TPSA) is 172 Å². The summed E-state index contributed by atoms with van der Waals surface area (Å²) < 4.78 is 11.0. The highest BCUT2D eigenvalue weighted by atomic mass is 16.7. The number of carbonyl (C=O) groups excluding carboxylic acids is 6. The van der Waals surface area contributed by atoms with Gasteiger partial charge in [0, 0.05) is 5.56 Å². The van der Waals surface area contributed by atoms with Crippen LogP contribution in [0.1, 0.15) is 22.3 Å². The van der Waals surface area contributed by atoms with Crippen molar-refractivity contribution < 1.29 is 43.3 Å². The van der Waals surface area contributed by atoms with Crippen molar-refractivity contribution in [1.29, 1.82) is 0 Å². The number of carbonyl (C=O) groups is 6. The normalized spacial score (nSPS) is 19.3. The predicted molar refractivity (Wildman–Crippen MR) is 159 cm³/mol. The van der Waals surface area contributed by atoms with Crippen LogP contribution >= 0.6 is 0 Å². The van der Waals surface area contributed by atoms with E-state index in [1.54, 1.807) is 30.3 Å². The molecule has 5 rings (SSSR count). The number of aliphatic hydroxyl groups excluding tert-OH is 1. The van der Waals surface area contributed by atoms with Crippen LogP contribution in [0.4, 0.5) is 11.4 Å². The van der Waals surface area contributed by atoms with E-state index in [2.05, 4.69) is 10.6 Å². The first-order valence-electron chi connectivity index (χ1n) is 14.1. The van der Waals surface area contributed by atoms with Crippen LogP contribution in [-0.4, -0.2) is 78.6 Å². The van der Waals surface area contributed by atoms with Gasteiger partial charge in [0.1, 0.15) is 25.2 Å². The Morgan fingerprint density at radius 1 is 0.867 bits per heavy atom. The van der Waals surface area contributed by atoms with Crippen molar-refractivity contribution in [1.82, 2.24) is 10.6 Å². The summed E-state index contributed by atoms with van der Waals surface area (Å²) in [6.07, 6.45) is -1.23. The summed E-state index contributed by atoms with van der Waals surface area (Å²) in [7, 11) is 0. The lowest BCUT2D eigenvalue weighted by atomic mass is 10.1. The Balaban J connectivity index is 1.36. The number of ether oxygens (including phenoxy) is 2. The molecule has 2 aliphatic heterocycles. The molecule has 3 aromatic carbocycles. The van der Waals surface area contributed by atoms with E-state index in [4.69, 9.17) is 9.47 Å². The molecule has 0 bridgehead atoms. The molecular weight excluding hydrogens is 584 g/mol. The van der Waals surface area contributed by atoms with E-state index < -0.39 is 73.5 Å². The van der Waals surface area contributed by atoms with Gasteiger partial charge in [-0.05, 0) is 17.7 Å². The lowest BCUT2D eigenvalue weighted by Crippen LogP contribution is -2.56. The number of cyclic esters (lactones) is 1. The number of Topliss-reactive ketones (excluding diaryl/α,β-unsaturated/α-hetero) is 1. The third kappa shape index (κ3) is 7.22. The fourth-order valence-corrected chi connectivity index (χ4v) is 5.08. The van der Waals surface area contributed by atoms with Crippen LogP contribution in [0.2, 0.25) is 0 Å². The number of nitrogens with zero attached hydrogens (tertiary/aromatic N) is 2. The minimum atomic E-state index is -1.46. The number of hydrogen-bond acceptors (Lipinski definition) is 9. The molecule has 0 aliphatic carbocycles. The monoisotopic (exact) mass is 614 g/mol. The molecule has 232 valence electrons. The van der Waals surface area contributed by atoms with Crippen LogP contribution in [0, 0.1) is 0 Å². The minimum absolute atomic E-state index is 0.0937. The van der Waals surface area contributed by atoms with Crippen LogP contribution in [0.15, 0.2) is 84.9 Å². The number of aliphatic hydroxyl groups is 1. The fraction of sp³-hybridized carbons (Fsp3) is 0.250. The molecule has 0 radical (unpaired) electrons. The summed E-state index contributed by atoms with van der Waals surface area (Å²) >= 11 is 0. The average molecular weight is 615 g/mol. The quantitative estimate of drug-likeness (QED) is 0.169. The molecule has 3 N–H and O–H groups in total. The van der Waals surface area contributed by atoms with Gasteiger partial charge in [-0.25, -0.2) is 0 Å². The Kier molecular flexibility index (Phi) is 9.61. The first-order valence-corrected chi connectivity index (χ1v) is 14.1. The number of benzene rings is 3. The lowest BCUT2D eigenvalue weighted by molar-refractivity contribution is -0.168. The van der Waals surface area contributed by atoms with Gasteiger partial charge in [-0.15, -0.1) is 0 Å². The molecule has 1 saturated heterocycles. The lowest BCUT2D eigenvalue weighted by Gasteiger charge is -2.26. The maximum atomic E-state index is 13.9. The van der Waals surface area contributed by atoms with Crippen LogP contribution in [0.5, 0.6) is 0 Å². The van der Waals surface area contributed by atoms with Crippen molar-refractivity contribution in [3.63, 3.8) is 0 Å². The SMILES string of the molecule is O=C(CN1C(=O)[C@@H](NC(=O)C(=O)c2ccccc2)CN(C(=O)CO)c2ccccc21)N[C@H]1CC(=O)OC1OCc1ccccc1. The van der Waals surface area contributed by atoms with Crippen LogP contribution in [0.25, 0.3) is 0 Å². The Morgan fingerprint density at radius 3 is 2.20 bits per heavy atom. The van der Waals surface area contributed by atoms with Gasteiger partial charge in [-0.2, -0.15) is 0 Å². The first-order chi connectivity index (χ1) is 21.7. The summed E-state index contributed by atoms with van der Waals surface area (Å²) in [5, 5.41) is 14.8. The second-order valence-electron chi connectivity index (χ2n) is 10.3. The van der Waals surface area contributed by atoms with Gasteiger partial charge in [0.25, 0.3) is 17.7 Å². The van der Waals surface area contributed by atoms with Crippen molar-refractivity contribution >= 4 is 46.8 Å². The third-order valence-corrected chi connectivity index (χ3v) is 7.24. The van der Waals surface area contributed by atoms with E-state index in [0.717, 1.165) is 15.4 Å². The molecule has 45 heavy (non-hydrogen) atoms. The van der Waals surface area contributed by atoms with E-state index in [0.29, 0.717) is 0 Å². The van der Waals surface area contributed by atoms with Gasteiger partial charge in [0.05, 0.1) is 30.9 Å².